The van der Waals surface area contributed by atoms with E-state index in [-0.39, 0.29) is 5.56 Å². The average molecular weight is 436 g/mol. The van der Waals surface area contributed by atoms with Gasteiger partial charge in [-0.3, -0.25) is 19.7 Å². The van der Waals surface area contributed by atoms with Crippen LogP contribution >= 0.6 is 22.9 Å². The molecule has 0 fully saturated rings. The molecule has 6 nitrogen and oxygen atoms in total. The van der Waals surface area contributed by atoms with Crippen molar-refractivity contribution in [2.45, 2.75) is 19.5 Å². The van der Waals surface area contributed by atoms with Crippen molar-refractivity contribution in [1.29, 1.82) is 0 Å². The Balaban J connectivity index is 1.32. The van der Waals surface area contributed by atoms with Gasteiger partial charge in [0, 0.05) is 50.2 Å². The van der Waals surface area contributed by atoms with E-state index in [0.29, 0.717) is 12.4 Å². The second kappa shape index (κ2) is 8.10. The molecule has 4 aromatic rings. The van der Waals surface area contributed by atoms with Crippen LogP contribution in [0.15, 0.2) is 59.8 Å². The minimum atomic E-state index is -0.0772. The zero-order valence-electron chi connectivity index (χ0n) is 16.0. The van der Waals surface area contributed by atoms with Crippen molar-refractivity contribution < 1.29 is 0 Å². The van der Waals surface area contributed by atoms with Gasteiger partial charge in [-0.05, 0) is 35.9 Å². The summed E-state index contributed by atoms with van der Waals surface area (Å²) in [5, 5.41) is 0. The summed E-state index contributed by atoms with van der Waals surface area (Å²) in [5.41, 5.74) is 4.39. The molecule has 0 saturated heterocycles. The van der Waals surface area contributed by atoms with Gasteiger partial charge in [-0.25, -0.2) is 4.98 Å². The first-order valence-electron chi connectivity index (χ1n) is 9.61. The average Bonchev–Trinajstić information content (AvgIpc) is 3.21. The van der Waals surface area contributed by atoms with E-state index in [2.05, 4.69) is 30.9 Å². The summed E-state index contributed by atoms with van der Waals surface area (Å²) in [6, 6.07) is 11.7. The Bertz CT molecular complexity index is 1240. The molecule has 1 aliphatic heterocycles. The van der Waals surface area contributed by atoms with Crippen molar-refractivity contribution in [3.8, 4) is 22.0 Å². The number of aromatic amines is 1. The van der Waals surface area contributed by atoms with Crippen LogP contribution < -0.4 is 5.56 Å². The van der Waals surface area contributed by atoms with Crippen LogP contribution in [-0.4, -0.2) is 31.4 Å². The normalized spacial score (nSPS) is 13.9. The number of nitrogens with one attached hydrogen (secondary N) is 1. The zero-order chi connectivity index (χ0) is 20.5. The van der Waals surface area contributed by atoms with Gasteiger partial charge in [-0.2, -0.15) is 0 Å². The first kappa shape index (κ1) is 19.1. The van der Waals surface area contributed by atoms with Crippen LogP contribution in [0.25, 0.3) is 22.0 Å². The van der Waals surface area contributed by atoms with Gasteiger partial charge in [0.25, 0.3) is 5.56 Å². The van der Waals surface area contributed by atoms with Crippen molar-refractivity contribution in [2.24, 2.45) is 0 Å². The Kier molecular flexibility index (Phi) is 5.16. The lowest BCUT2D eigenvalue weighted by Gasteiger charge is -2.27. The number of pyridine rings is 2. The molecule has 0 radical (unpaired) electrons. The minimum Gasteiger partial charge on any atom is -0.306 e. The van der Waals surface area contributed by atoms with Crippen molar-refractivity contribution in [3.63, 3.8) is 0 Å². The van der Waals surface area contributed by atoms with E-state index in [1.54, 1.807) is 12.4 Å². The maximum atomic E-state index is 12.7. The maximum Gasteiger partial charge on any atom is 0.255 e. The molecular formula is C22H18ClN5OS. The Morgan fingerprint density at radius 3 is 2.83 bits per heavy atom. The Hall–Kier alpha value is -2.87. The summed E-state index contributed by atoms with van der Waals surface area (Å²) in [5.74, 6) is 0.578. The summed E-state index contributed by atoms with van der Waals surface area (Å²) < 4.78 is 0.758. The smallest absolute Gasteiger partial charge is 0.255 e. The summed E-state index contributed by atoms with van der Waals surface area (Å²) in [7, 11) is 0. The first-order valence-corrected chi connectivity index (χ1v) is 10.8. The van der Waals surface area contributed by atoms with Crippen molar-refractivity contribution in [2.75, 3.05) is 6.54 Å². The van der Waals surface area contributed by atoms with Gasteiger partial charge in [0.15, 0.2) is 0 Å². The van der Waals surface area contributed by atoms with Crippen LogP contribution in [0.2, 0.25) is 4.34 Å². The molecule has 4 aromatic heterocycles. The van der Waals surface area contributed by atoms with E-state index in [9.17, 15) is 4.79 Å². The van der Waals surface area contributed by atoms with Gasteiger partial charge in [0.2, 0.25) is 0 Å². The van der Waals surface area contributed by atoms with Gasteiger partial charge in [-0.15, -0.1) is 11.3 Å². The Morgan fingerprint density at radius 2 is 2.10 bits per heavy atom. The molecule has 1 N–H and O–H groups in total. The number of rotatable bonds is 4. The number of fused-ring (bicyclic) bond motifs is 1. The van der Waals surface area contributed by atoms with E-state index in [1.807, 2.05) is 36.5 Å². The molecule has 0 atom stereocenters. The third-order valence-electron chi connectivity index (χ3n) is 5.14. The van der Waals surface area contributed by atoms with Gasteiger partial charge in [-0.1, -0.05) is 17.7 Å². The van der Waals surface area contributed by atoms with Crippen molar-refractivity contribution in [1.82, 2.24) is 24.8 Å². The van der Waals surface area contributed by atoms with Crippen LogP contribution in [-0.2, 0) is 19.5 Å². The lowest BCUT2D eigenvalue weighted by molar-refractivity contribution is 0.241. The van der Waals surface area contributed by atoms with Crippen LogP contribution in [0, 0.1) is 0 Å². The highest BCUT2D eigenvalue weighted by Gasteiger charge is 2.21. The van der Waals surface area contributed by atoms with E-state index in [0.717, 1.165) is 56.8 Å². The number of nitrogens with zero attached hydrogens (tertiary/aromatic N) is 4. The van der Waals surface area contributed by atoms with Gasteiger partial charge >= 0.3 is 0 Å². The molecule has 0 unspecified atom stereocenters. The highest BCUT2D eigenvalue weighted by atomic mass is 35.5. The van der Waals surface area contributed by atoms with Gasteiger partial charge < -0.3 is 4.98 Å². The van der Waals surface area contributed by atoms with Crippen LogP contribution in [0.3, 0.4) is 0 Å². The fraction of sp³-hybridized carbons (Fsp3) is 0.182. The molecule has 150 valence electrons. The number of hydrogen-bond acceptors (Lipinski definition) is 6. The first-order chi connectivity index (χ1) is 14.7. The monoisotopic (exact) mass is 435 g/mol. The van der Waals surface area contributed by atoms with Crippen LogP contribution in [0.4, 0.5) is 0 Å². The second-order valence-corrected chi connectivity index (χ2v) is 8.91. The number of halogens is 1. The zero-order valence-corrected chi connectivity index (χ0v) is 17.6. The summed E-state index contributed by atoms with van der Waals surface area (Å²) in [6.45, 7) is 2.16. The fourth-order valence-electron chi connectivity index (χ4n) is 3.63. The summed E-state index contributed by atoms with van der Waals surface area (Å²) in [4.78, 5) is 32.3. The maximum absolute atomic E-state index is 12.7. The highest BCUT2D eigenvalue weighted by molar-refractivity contribution is 7.19. The molecule has 0 aliphatic carbocycles. The summed E-state index contributed by atoms with van der Waals surface area (Å²) in [6.07, 6.45) is 6.05. The molecular weight excluding hydrogens is 418 g/mol. The second-order valence-electron chi connectivity index (χ2n) is 7.20. The van der Waals surface area contributed by atoms with Gasteiger partial charge in [0.05, 0.1) is 26.2 Å². The molecule has 0 saturated carbocycles. The summed E-state index contributed by atoms with van der Waals surface area (Å²) >= 11 is 7.54. The molecule has 0 amide bonds. The molecule has 5 rings (SSSR count). The minimum absolute atomic E-state index is 0.0772. The third kappa shape index (κ3) is 3.92. The molecule has 30 heavy (non-hydrogen) atoms. The Morgan fingerprint density at radius 1 is 1.17 bits per heavy atom. The van der Waals surface area contributed by atoms with Crippen LogP contribution in [0.1, 0.15) is 16.8 Å². The fourth-order valence-corrected chi connectivity index (χ4v) is 4.65. The largest absolute Gasteiger partial charge is 0.306 e. The van der Waals surface area contributed by atoms with E-state index < -0.39 is 0 Å². The molecule has 0 spiro atoms. The molecule has 0 aromatic carbocycles. The lowest BCUT2D eigenvalue weighted by Crippen LogP contribution is -2.35. The van der Waals surface area contributed by atoms with E-state index >= 15 is 0 Å². The highest BCUT2D eigenvalue weighted by Crippen LogP contribution is 2.29. The number of H-pyrrole nitrogens is 1. The Labute approximate surface area is 182 Å². The number of aromatic nitrogens is 4. The lowest BCUT2D eigenvalue weighted by atomic mass is 10.1. The number of hydrogen-bond donors (Lipinski definition) is 1. The molecule has 1 aliphatic rings. The predicted molar refractivity (Wildman–Crippen MR) is 118 cm³/mol. The van der Waals surface area contributed by atoms with Gasteiger partial charge in [0.1, 0.15) is 5.82 Å². The van der Waals surface area contributed by atoms with Crippen molar-refractivity contribution >= 4 is 22.9 Å². The number of thiophene rings is 1. The standard InChI is InChI=1S/C22H18ClN5OS/c23-20-6-5-19(30-20)18-4-3-14(10-25-18)12-28-9-7-17-16(13-28)22(29)27-21(26-17)15-2-1-8-24-11-15/h1-6,8,10-11H,7,9,12-13H2,(H,26,27,29). The molecule has 8 heteroatoms. The van der Waals surface area contributed by atoms with Crippen LogP contribution in [0.5, 0.6) is 0 Å². The predicted octanol–water partition coefficient (Wildman–Crippen LogP) is 4.17. The molecule has 5 heterocycles. The van der Waals surface area contributed by atoms with E-state index in [1.165, 1.54) is 11.3 Å². The molecule has 0 bridgehead atoms. The topological polar surface area (TPSA) is 74.8 Å². The van der Waals surface area contributed by atoms with E-state index in [4.69, 9.17) is 11.6 Å². The van der Waals surface area contributed by atoms with Crippen molar-refractivity contribution in [3.05, 3.63) is 86.5 Å². The SMILES string of the molecule is O=c1[nH]c(-c2cccnc2)nc2c1CN(Cc1ccc(-c3ccc(Cl)s3)nc1)CC2. The third-order valence-corrected chi connectivity index (χ3v) is 6.39. The quantitative estimate of drug-likeness (QED) is 0.520.